The van der Waals surface area contributed by atoms with E-state index in [-0.39, 0.29) is 11.3 Å². The topological polar surface area (TPSA) is 51.2 Å². The number of amides is 1. The molecule has 0 unspecified atom stereocenters. The van der Waals surface area contributed by atoms with Crippen LogP contribution in [0.5, 0.6) is 0 Å². The highest BCUT2D eigenvalue weighted by Gasteiger charge is 2.59. The number of rotatable bonds is 6. The molecule has 2 aliphatic rings. The molecular weight excluding hydrogens is 264 g/mol. The van der Waals surface area contributed by atoms with Gasteiger partial charge in [0.2, 0.25) is 5.91 Å². The molecule has 4 heteroatoms. The van der Waals surface area contributed by atoms with E-state index in [0.717, 1.165) is 18.7 Å². The van der Waals surface area contributed by atoms with Gasteiger partial charge in [-0.05, 0) is 44.7 Å². The van der Waals surface area contributed by atoms with Crippen LogP contribution in [0, 0.1) is 5.41 Å². The van der Waals surface area contributed by atoms with Gasteiger partial charge in [-0.3, -0.25) is 9.78 Å². The zero-order valence-electron chi connectivity index (χ0n) is 12.7. The lowest BCUT2D eigenvalue weighted by Gasteiger charge is -2.61. The van der Waals surface area contributed by atoms with Gasteiger partial charge in [-0.2, -0.15) is 0 Å². The Balaban J connectivity index is 1.47. The van der Waals surface area contributed by atoms with Gasteiger partial charge in [0.1, 0.15) is 0 Å². The third-order valence-electron chi connectivity index (χ3n) is 5.11. The van der Waals surface area contributed by atoms with Crippen LogP contribution in [0.4, 0.5) is 0 Å². The maximum Gasteiger partial charge on any atom is 0.220 e. The predicted octanol–water partition coefficient (Wildman–Crippen LogP) is 2.48. The van der Waals surface area contributed by atoms with Crippen LogP contribution >= 0.6 is 0 Å². The lowest BCUT2D eigenvalue weighted by Crippen LogP contribution is -2.67. The van der Waals surface area contributed by atoms with Gasteiger partial charge in [-0.1, -0.05) is 12.5 Å². The van der Waals surface area contributed by atoms with Gasteiger partial charge in [0.25, 0.3) is 0 Å². The van der Waals surface area contributed by atoms with E-state index in [1.807, 2.05) is 25.1 Å². The minimum Gasteiger partial charge on any atom is -0.378 e. The summed E-state index contributed by atoms with van der Waals surface area (Å²) in [5, 5.41) is 3.22. The molecule has 0 aliphatic heterocycles. The SMILES string of the molecule is CCO[C@@H]1C[C@H](NC(=O)CCc2ccccn2)C12CCC2. The van der Waals surface area contributed by atoms with Gasteiger partial charge in [0.05, 0.1) is 6.10 Å². The molecule has 3 rings (SSSR count). The molecule has 1 N–H and O–H groups in total. The second-order valence-electron chi connectivity index (χ2n) is 6.21. The Hall–Kier alpha value is -1.42. The maximum absolute atomic E-state index is 12.1. The van der Waals surface area contributed by atoms with Crippen LogP contribution in [-0.4, -0.2) is 29.6 Å². The summed E-state index contributed by atoms with van der Waals surface area (Å²) in [5.74, 6) is 0.145. The number of hydrogen-bond donors (Lipinski definition) is 1. The number of aromatic nitrogens is 1. The Morgan fingerprint density at radius 2 is 2.33 bits per heavy atom. The minimum atomic E-state index is 0.145. The number of nitrogens with zero attached hydrogens (tertiary/aromatic N) is 1. The van der Waals surface area contributed by atoms with Crippen molar-refractivity contribution in [3.05, 3.63) is 30.1 Å². The molecule has 0 aromatic carbocycles. The van der Waals surface area contributed by atoms with Gasteiger partial charge in [-0.25, -0.2) is 0 Å². The van der Waals surface area contributed by atoms with E-state index in [1.165, 1.54) is 19.3 Å². The fourth-order valence-electron chi connectivity index (χ4n) is 3.69. The average Bonchev–Trinajstić information content (AvgIpc) is 2.43. The van der Waals surface area contributed by atoms with Gasteiger partial charge >= 0.3 is 0 Å². The van der Waals surface area contributed by atoms with Crippen LogP contribution in [0.2, 0.25) is 0 Å². The first-order valence-electron chi connectivity index (χ1n) is 8.05. The first-order valence-corrected chi connectivity index (χ1v) is 8.05. The van der Waals surface area contributed by atoms with Crippen molar-refractivity contribution in [2.24, 2.45) is 5.41 Å². The second kappa shape index (κ2) is 6.14. The smallest absolute Gasteiger partial charge is 0.220 e. The first kappa shape index (κ1) is 14.5. The van der Waals surface area contributed by atoms with E-state index in [1.54, 1.807) is 6.20 Å². The molecule has 2 aliphatic carbocycles. The second-order valence-corrected chi connectivity index (χ2v) is 6.21. The number of pyridine rings is 1. The van der Waals surface area contributed by atoms with Crippen LogP contribution in [0.15, 0.2) is 24.4 Å². The summed E-state index contributed by atoms with van der Waals surface area (Å²) in [6, 6.07) is 6.14. The number of nitrogens with one attached hydrogen (secondary N) is 1. The highest BCUT2D eigenvalue weighted by molar-refractivity contribution is 5.76. The van der Waals surface area contributed by atoms with E-state index in [0.29, 0.717) is 25.0 Å². The lowest BCUT2D eigenvalue weighted by atomic mass is 9.51. The molecule has 2 saturated carbocycles. The molecule has 1 amide bonds. The van der Waals surface area contributed by atoms with Crippen molar-refractivity contribution in [2.45, 2.75) is 57.6 Å². The van der Waals surface area contributed by atoms with Crippen LogP contribution in [0.3, 0.4) is 0 Å². The summed E-state index contributed by atoms with van der Waals surface area (Å²) in [6.07, 6.45) is 8.00. The van der Waals surface area contributed by atoms with Crippen molar-refractivity contribution in [3.63, 3.8) is 0 Å². The zero-order chi connectivity index (χ0) is 14.7. The first-order chi connectivity index (χ1) is 10.2. The van der Waals surface area contributed by atoms with Crippen molar-refractivity contribution >= 4 is 5.91 Å². The van der Waals surface area contributed by atoms with Gasteiger partial charge in [0.15, 0.2) is 0 Å². The van der Waals surface area contributed by atoms with Crippen LogP contribution in [0.1, 0.15) is 44.7 Å². The number of carbonyl (C=O) groups excluding carboxylic acids is 1. The number of ether oxygens (including phenoxy) is 1. The molecule has 21 heavy (non-hydrogen) atoms. The summed E-state index contributed by atoms with van der Waals surface area (Å²) < 4.78 is 5.82. The Bertz CT molecular complexity index is 485. The van der Waals surface area contributed by atoms with Gasteiger partial charge in [-0.15, -0.1) is 0 Å². The normalized spacial score (nSPS) is 26.0. The monoisotopic (exact) mass is 288 g/mol. The summed E-state index contributed by atoms with van der Waals surface area (Å²) in [7, 11) is 0. The standard InChI is InChI=1S/C17H24N2O2/c1-2-21-15-12-14(17(15)9-5-10-17)19-16(20)8-7-13-6-3-4-11-18-13/h3-4,6,11,14-15H,2,5,7-10,12H2,1H3,(H,19,20)/t14-,15+/m0/s1. The molecule has 0 radical (unpaired) electrons. The minimum absolute atomic E-state index is 0.145. The van der Waals surface area contributed by atoms with Crippen molar-refractivity contribution < 1.29 is 9.53 Å². The van der Waals surface area contributed by atoms with E-state index >= 15 is 0 Å². The fraction of sp³-hybridized carbons (Fsp3) is 0.647. The molecule has 114 valence electrons. The number of aryl methyl sites for hydroxylation is 1. The molecule has 0 bridgehead atoms. The van der Waals surface area contributed by atoms with E-state index in [9.17, 15) is 4.79 Å². The quantitative estimate of drug-likeness (QED) is 0.875. The van der Waals surface area contributed by atoms with Crippen LogP contribution in [0.25, 0.3) is 0 Å². The largest absolute Gasteiger partial charge is 0.378 e. The highest BCUT2D eigenvalue weighted by Crippen LogP contribution is 2.57. The summed E-state index contributed by atoms with van der Waals surface area (Å²) in [4.78, 5) is 16.4. The van der Waals surface area contributed by atoms with Gasteiger partial charge in [0, 0.05) is 36.4 Å². The molecule has 2 atom stereocenters. The Morgan fingerprint density at radius 3 is 2.95 bits per heavy atom. The third kappa shape index (κ3) is 2.82. The number of carbonyl (C=O) groups is 1. The summed E-state index contributed by atoms with van der Waals surface area (Å²) in [6.45, 7) is 2.82. The third-order valence-corrected chi connectivity index (χ3v) is 5.11. The predicted molar refractivity (Wildman–Crippen MR) is 80.8 cm³/mol. The van der Waals surface area contributed by atoms with E-state index in [4.69, 9.17) is 4.74 Å². The van der Waals surface area contributed by atoms with Gasteiger partial charge < -0.3 is 10.1 Å². The van der Waals surface area contributed by atoms with E-state index in [2.05, 4.69) is 10.3 Å². The molecule has 1 aromatic rings. The highest BCUT2D eigenvalue weighted by atomic mass is 16.5. The molecular formula is C17H24N2O2. The molecule has 4 nitrogen and oxygen atoms in total. The Morgan fingerprint density at radius 1 is 1.48 bits per heavy atom. The Labute approximate surface area is 126 Å². The number of hydrogen-bond acceptors (Lipinski definition) is 3. The maximum atomic E-state index is 12.1. The van der Waals surface area contributed by atoms with Crippen LogP contribution in [-0.2, 0) is 16.0 Å². The van der Waals surface area contributed by atoms with Crippen molar-refractivity contribution in [3.8, 4) is 0 Å². The summed E-state index contributed by atoms with van der Waals surface area (Å²) in [5.41, 5.74) is 1.23. The fourth-order valence-corrected chi connectivity index (χ4v) is 3.69. The molecule has 1 heterocycles. The lowest BCUT2D eigenvalue weighted by molar-refractivity contribution is -0.175. The van der Waals surface area contributed by atoms with Crippen molar-refractivity contribution in [1.29, 1.82) is 0 Å². The summed E-state index contributed by atoms with van der Waals surface area (Å²) >= 11 is 0. The molecule has 1 spiro atoms. The van der Waals surface area contributed by atoms with E-state index < -0.39 is 0 Å². The average molecular weight is 288 g/mol. The molecule has 0 saturated heterocycles. The molecule has 1 aromatic heterocycles. The zero-order valence-corrected chi connectivity index (χ0v) is 12.7. The Kier molecular flexibility index (Phi) is 4.24. The van der Waals surface area contributed by atoms with Crippen LogP contribution < -0.4 is 5.32 Å². The van der Waals surface area contributed by atoms with Crippen molar-refractivity contribution in [1.82, 2.24) is 10.3 Å². The van der Waals surface area contributed by atoms with Crippen molar-refractivity contribution in [2.75, 3.05) is 6.61 Å². The molecule has 2 fully saturated rings.